The van der Waals surface area contributed by atoms with Crippen LogP contribution in [-0.4, -0.2) is 39.8 Å². The van der Waals surface area contributed by atoms with E-state index in [0.29, 0.717) is 17.2 Å². The highest BCUT2D eigenvalue weighted by Gasteiger charge is 2.25. The molecule has 7 nitrogen and oxygen atoms in total. The van der Waals surface area contributed by atoms with Crippen molar-refractivity contribution in [3.05, 3.63) is 76.3 Å². The number of amides is 2. The summed E-state index contributed by atoms with van der Waals surface area (Å²) in [6.07, 6.45) is 0.841. The molecule has 0 unspecified atom stereocenters. The van der Waals surface area contributed by atoms with Gasteiger partial charge in [0.25, 0.3) is 5.91 Å². The summed E-state index contributed by atoms with van der Waals surface area (Å²) in [6, 6.07) is 15.7. The Morgan fingerprint density at radius 3 is 2.66 bits per heavy atom. The second kappa shape index (κ2) is 9.93. The van der Waals surface area contributed by atoms with E-state index in [1.165, 1.54) is 18.3 Å². The fourth-order valence-electron chi connectivity index (χ4n) is 4.42. The van der Waals surface area contributed by atoms with Gasteiger partial charge in [0.05, 0.1) is 16.8 Å². The minimum absolute atomic E-state index is 0.0559. The quantitative estimate of drug-likeness (QED) is 0.416. The van der Waals surface area contributed by atoms with Crippen molar-refractivity contribution in [2.45, 2.75) is 33.4 Å². The van der Waals surface area contributed by atoms with Crippen LogP contribution in [0.15, 0.2) is 53.9 Å². The summed E-state index contributed by atoms with van der Waals surface area (Å²) < 4.78 is 0. The van der Waals surface area contributed by atoms with Crippen LogP contribution in [-0.2, 0) is 24.3 Å². The Morgan fingerprint density at radius 2 is 1.89 bits per heavy atom. The zero-order valence-electron chi connectivity index (χ0n) is 19.8. The van der Waals surface area contributed by atoms with E-state index in [1.807, 2.05) is 53.9 Å². The maximum absolute atomic E-state index is 13.6. The maximum Gasteiger partial charge on any atom is 0.258 e. The number of carbonyl (C=O) groups excluding carboxylic acids is 2. The number of hydrogen-bond donors (Lipinski definition) is 2. The fourth-order valence-corrected chi connectivity index (χ4v) is 5.13. The number of para-hydroxylation sites is 1. The summed E-state index contributed by atoms with van der Waals surface area (Å²) in [5.41, 5.74) is 6.35. The summed E-state index contributed by atoms with van der Waals surface area (Å²) in [7, 11) is 0. The molecule has 0 fully saturated rings. The van der Waals surface area contributed by atoms with Gasteiger partial charge in [-0.25, -0.2) is 4.98 Å². The minimum Gasteiger partial charge on any atom is -0.352 e. The van der Waals surface area contributed by atoms with E-state index in [-0.39, 0.29) is 11.8 Å². The molecule has 1 aliphatic heterocycles. The van der Waals surface area contributed by atoms with Gasteiger partial charge in [0.15, 0.2) is 5.13 Å². The molecule has 178 valence electrons. The van der Waals surface area contributed by atoms with Gasteiger partial charge in [-0.1, -0.05) is 49.4 Å². The van der Waals surface area contributed by atoms with Gasteiger partial charge in [-0.15, -0.1) is 11.3 Å². The number of fused-ring (bicyclic) bond motifs is 2. The molecule has 35 heavy (non-hydrogen) atoms. The molecule has 2 N–H and O–H groups in total. The van der Waals surface area contributed by atoms with Crippen LogP contribution < -0.4 is 10.6 Å². The van der Waals surface area contributed by atoms with Crippen LogP contribution in [0.1, 0.15) is 41.0 Å². The first-order valence-electron chi connectivity index (χ1n) is 11.7. The normalized spacial score (nSPS) is 13.4. The Labute approximate surface area is 208 Å². The van der Waals surface area contributed by atoms with E-state index in [2.05, 4.69) is 27.4 Å². The van der Waals surface area contributed by atoms with Crippen molar-refractivity contribution in [1.29, 1.82) is 0 Å². The number of rotatable bonds is 6. The monoisotopic (exact) mass is 485 g/mol. The molecule has 0 radical (unpaired) electrons. The molecule has 2 aromatic heterocycles. The third-order valence-electron chi connectivity index (χ3n) is 6.32. The Hall–Kier alpha value is -3.62. The van der Waals surface area contributed by atoms with Crippen LogP contribution in [0.25, 0.3) is 22.2 Å². The average molecular weight is 486 g/mol. The third kappa shape index (κ3) is 4.94. The average Bonchev–Trinajstić information content (AvgIpc) is 3.34. The molecular formula is C27H27N5O2S. The van der Waals surface area contributed by atoms with Crippen molar-refractivity contribution in [3.8, 4) is 11.3 Å². The molecule has 0 spiro atoms. The zero-order valence-corrected chi connectivity index (χ0v) is 20.6. The number of benzene rings is 2. The lowest BCUT2D eigenvalue weighted by Gasteiger charge is -2.29. The molecule has 0 bridgehead atoms. The number of hydrogen-bond acceptors (Lipinski definition) is 6. The number of likely N-dealkylation sites (N-methyl/N-ethyl adjacent to an activating group) is 1. The van der Waals surface area contributed by atoms with Crippen molar-refractivity contribution < 1.29 is 9.59 Å². The van der Waals surface area contributed by atoms with Crippen molar-refractivity contribution in [2.24, 2.45) is 0 Å². The second-order valence-electron chi connectivity index (χ2n) is 8.65. The first-order chi connectivity index (χ1) is 17.0. The summed E-state index contributed by atoms with van der Waals surface area (Å²) in [6.45, 7) is 6.75. The SMILES string of the molecule is CCN1CCc2nc3ccccc3c(C(=O)Nc3nc(-c4ccc(CNC(C)=O)cc4)cs3)c2C1. The van der Waals surface area contributed by atoms with Crippen LogP contribution in [0, 0.1) is 0 Å². The summed E-state index contributed by atoms with van der Waals surface area (Å²) in [4.78, 5) is 36.6. The number of anilines is 1. The summed E-state index contributed by atoms with van der Waals surface area (Å²) in [5.74, 6) is -0.205. The van der Waals surface area contributed by atoms with Gasteiger partial charge in [0.1, 0.15) is 0 Å². The van der Waals surface area contributed by atoms with Crippen LogP contribution in [0.5, 0.6) is 0 Å². The number of pyridine rings is 1. The second-order valence-corrected chi connectivity index (χ2v) is 9.50. The lowest BCUT2D eigenvalue weighted by Crippen LogP contribution is -2.33. The molecule has 0 atom stereocenters. The molecule has 1 aliphatic rings. The predicted octanol–water partition coefficient (Wildman–Crippen LogP) is 4.62. The van der Waals surface area contributed by atoms with Gasteiger partial charge in [-0.3, -0.25) is 24.8 Å². The van der Waals surface area contributed by atoms with E-state index < -0.39 is 0 Å². The van der Waals surface area contributed by atoms with Gasteiger partial charge in [-0.05, 0) is 18.2 Å². The molecule has 2 amide bonds. The molecule has 5 rings (SSSR count). The largest absolute Gasteiger partial charge is 0.352 e. The lowest BCUT2D eigenvalue weighted by molar-refractivity contribution is -0.119. The number of aromatic nitrogens is 2. The minimum atomic E-state index is -0.149. The highest BCUT2D eigenvalue weighted by atomic mass is 32.1. The zero-order chi connectivity index (χ0) is 24.4. The van der Waals surface area contributed by atoms with Gasteiger partial charge in [-0.2, -0.15) is 0 Å². The Kier molecular flexibility index (Phi) is 6.57. The molecule has 4 aromatic rings. The van der Waals surface area contributed by atoms with Gasteiger partial charge < -0.3 is 5.32 Å². The molecular weight excluding hydrogens is 458 g/mol. The summed E-state index contributed by atoms with van der Waals surface area (Å²) in [5, 5.41) is 9.21. The molecule has 0 saturated heterocycles. The van der Waals surface area contributed by atoms with Crippen molar-refractivity contribution in [3.63, 3.8) is 0 Å². The first kappa shape index (κ1) is 23.1. The number of thiazole rings is 1. The van der Waals surface area contributed by atoms with E-state index in [1.54, 1.807) is 0 Å². The van der Waals surface area contributed by atoms with E-state index in [0.717, 1.165) is 65.0 Å². The topological polar surface area (TPSA) is 87.2 Å². The predicted molar refractivity (Wildman–Crippen MR) is 139 cm³/mol. The highest BCUT2D eigenvalue weighted by Crippen LogP contribution is 2.30. The maximum atomic E-state index is 13.6. The number of nitrogens with zero attached hydrogens (tertiary/aromatic N) is 3. The van der Waals surface area contributed by atoms with Crippen molar-refractivity contribution in [2.75, 3.05) is 18.4 Å². The van der Waals surface area contributed by atoms with E-state index >= 15 is 0 Å². The van der Waals surface area contributed by atoms with Gasteiger partial charge in [0, 0.05) is 60.6 Å². The fraction of sp³-hybridized carbons (Fsp3) is 0.259. The summed E-state index contributed by atoms with van der Waals surface area (Å²) >= 11 is 1.41. The van der Waals surface area contributed by atoms with Gasteiger partial charge in [0.2, 0.25) is 5.91 Å². The smallest absolute Gasteiger partial charge is 0.258 e. The lowest BCUT2D eigenvalue weighted by atomic mass is 9.95. The number of carbonyl (C=O) groups is 2. The number of nitrogens with one attached hydrogen (secondary N) is 2. The molecule has 2 aromatic carbocycles. The van der Waals surface area contributed by atoms with E-state index in [4.69, 9.17) is 4.98 Å². The van der Waals surface area contributed by atoms with Crippen LogP contribution >= 0.6 is 11.3 Å². The van der Waals surface area contributed by atoms with Gasteiger partial charge >= 0.3 is 0 Å². The molecule has 3 heterocycles. The highest BCUT2D eigenvalue weighted by molar-refractivity contribution is 7.14. The Morgan fingerprint density at radius 1 is 1.09 bits per heavy atom. The third-order valence-corrected chi connectivity index (χ3v) is 7.07. The van der Waals surface area contributed by atoms with Crippen molar-refractivity contribution >= 4 is 39.2 Å². The van der Waals surface area contributed by atoms with Crippen LogP contribution in [0.3, 0.4) is 0 Å². The molecule has 8 heteroatoms. The van der Waals surface area contributed by atoms with Crippen molar-refractivity contribution in [1.82, 2.24) is 20.2 Å². The molecule has 0 saturated carbocycles. The Balaban J connectivity index is 1.40. The first-order valence-corrected chi connectivity index (χ1v) is 12.6. The Bertz CT molecular complexity index is 1400. The van der Waals surface area contributed by atoms with E-state index in [9.17, 15) is 9.59 Å². The standard InChI is InChI=1S/C27H27N5O2S/c1-3-32-13-12-23-21(15-32)25(20-6-4-5-7-22(20)29-23)26(34)31-27-30-24(16-35-27)19-10-8-18(9-11-19)14-28-17(2)33/h4-11,16H,3,12-15H2,1-2H3,(H,28,33)(H,30,31,34). The van der Waals surface area contributed by atoms with Crippen LogP contribution in [0.2, 0.25) is 0 Å². The molecule has 0 aliphatic carbocycles. The van der Waals surface area contributed by atoms with Crippen LogP contribution in [0.4, 0.5) is 5.13 Å².